The van der Waals surface area contributed by atoms with E-state index in [0.29, 0.717) is 19.4 Å². The molecule has 1 unspecified atom stereocenters. The van der Waals surface area contributed by atoms with E-state index >= 15 is 0 Å². The highest BCUT2D eigenvalue weighted by molar-refractivity contribution is 7.17. The maximum absolute atomic E-state index is 14.2. The highest BCUT2D eigenvalue weighted by Crippen LogP contribution is 2.44. The van der Waals surface area contributed by atoms with Crippen LogP contribution in [0, 0.1) is 0 Å². The van der Waals surface area contributed by atoms with E-state index in [2.05, 4.69) is 20.6 Å². The lowest BCUT2D eigenvalue weighted by Gasteiger charge is -2.32. The van der Waals surface area contributed by atoms with Gasteiger partial charge in [0.25, 0.3) is 5.91 Å². The number of carbonyl (C=O) groups is 1. The summed E-state index contributed by atoms with van der Waals surface area (Å²) in [6, 6.07) is 0.530. The fourth-order valence-corrected chi connectivity index (χ4v) is 5.49. The quantitative estimate of drug-likeness (QED) is 0.447. The number of aromatic nitrogens is 2. The summed E-state index contributed by atoms with van der Waals surface area (Å²) in [5.41, 5.74) is -1.69. The first kappa shape index (κ1) is 26.8. The molecule has 36 heavy (non-hydrogen) atoms. The lowest BCUT2D eigenvalue weighted by Crippen LogP contribution is -2.50. The molecule has 8 nitrogen and oxygen atoms in total. The first-order chi connectivity index (χ1) is 16.7. The van der Waals surface area contributed by atoms with Crippen LogP contribution in [0.3, 0.4) is 0 Å². The third kappa shape index (κ3) is 5.66. The van der Waals surface area contributed by atoms with Gasteiger partial charge in [-0.15, -0.1) is 11.3 Å². The summed E-state index contributed by atoms with van der Waals surface area (Å²) in [5.74, 6) is -0.527. The van der Waals surface area contributed by atoms with Crippen LogP contribution in [0.4, 0.5) is 19.0 Å². The average Bonchev–Trinajstić information content (AvgIpc) is 3.41. The Hall–Kier alpha value is -2.28. The van der Waals surface area contributed by atoms with Gasteiger partial charge in [-0.2, -0.15) is 13.2 Å². The second-order valence-electron chi connectivity index (χ2n) is 10.5. The van der Waals surface area contributed by atoms with Crippen molar-refractivity contribution in [2.75, 3.05) is 11.9 Å². The van der Waals surface area contributed by atoms with Crippen LogP contribution >= 0.6 is 11.3 Å². The van der Waals surface area contributed by atoms with E-state index < -0.39 is 41.6 Å². The number of halogens is 3. The number of aliphatic hydroxyl groups is 2. The Morgan fingerprint density at radius 1 is 1.25 bits per heavy atom. The lowest BCUT2D eigenvalue weighted by atomic mass is 9.89. The second kappa shape index (κ2) is 9.88. The van der Waals surface area contributed by atoms with Crippen molar-refractivity contribution in [1.82, 2.24) is 20.2 Å². The number of rotatable bonds is 6. The van der Waals surface area contributed by atoms with Crippen molar-refractivity contribution in [3.63, 3.8) is 0 Å². The van der Waals surface area contributed by atoms with Crippen molar-refractivity contribution in [3.8, 4) is 10.4 Å². The summed E-state index contributed by atoms with van der Waals surface area (Å²) in [7, 11) is 0. The van der Waals surface area contributed by atoms with Gasteiger partial charge in [0.15, 0.2) is 11.2 Å². The Balaban J connectivity index is 1.79. The molecule has 3 heterocycles. The number of alkyl halides is 3. The molecule has 4 N–H and O–H groups in total. The van der Waals surface area contributed by atoms with Gasteiger partial charge in [0, 0.05) is 29.9 Å². The molecule has 1 amide bonds. The van der Waals surface area contributed by atoms with Crippen LogP contribution < -0.4 is 10.6 Å². The minimum Gasteiger partial charge on any atom is -0.391 e. The molecule has 2 aromatic rings. The third-order valence-electron chi connectivity index (χ3n) is 6.52. The number of hydrogen-bond donors (Lipinski definition) is 4. The molecule has 0 aromatic carbocycles. The normalized spacial score (nSPS) is 23.9. The summed E-state index contributed by atoms with van der Waals surface area (Å²) in [6.07, 6.45) is -2.68. The number of pyridine rings is 1. The highest BCUT2D eigenvalue weighted by Gasteiger charge is 2.39. The van der Waals surface area contributed by atoms with Gasteiger partial charge in [0.05, 0.1) is 22.6 Å². The van der Waals surface area contributed by atoms with Crippen LogP contribution in [-0.4, -0.2) is 61.3 Å². The summed E-state index contributed by atoms with van der Waals surface area (Å²) in [6.45, 7) is 7.94. The zero-order valence-corrected chi connectivity index (χ0v) is 21.5. The monoisotopic (exact) mass is 527 g/mol. The minimum absolute atomic E-state index is 0.00288. The number of anilines is 1. The fourth-order valence-electron chi connectivity index (χ4n) is 4.48. The summed E-state index contributed by atoms with van der Waals surface area (Å²) < 4.78 is 42.7. The molecule has 0 spiro atoms. The van der Waals surface area contributed by atoms with Crippen molar-refractivity contribution in [1.29, 1.82) is 0 Å². The largest absolute Gasteiger partial charge is 0.417 e. The molecule has 1 aliphatic carbocycles. The number of carbonyl (C=O) groups excluding carboxylic acids is 1. The van der Waals surface area contributed by atoms with E-state index in [9.17, 15) is 28.2 Å². The van der Waals surface area contributed by atoms with Gasteiger partial charge in [0.2, 0.25) is 0 Å². The van der Waals surface area contributed by atoms with Crippen molar-refractivity contribution in [2.45, 2.75) is 89.5 Å². The van der Waals surface area contributed by atoms with Crippen LogP contribution in [-0.2, 0) is 6.18 Å². The molecule has 2 aliphatic rings. The van der Waals surface area contributed by atoms with Crippen LogP contribution in [0.15, 0.2) is 12.3 Å². The average molecular weight is 528 g/mol. The SMILES string of the molecule is C[C@H]1CCCN1C(O)c1nc(C(=O)N[C@@H]2CC[C@H]2O)sc1-c1cnc(NC(C)(C)C)cc1C(F)(F)F. The van der Waals surface area contributed by atoms with Gasteiger partial charge >= 0.3 is 6.18 Å². The Kier molecular flexibility index (Phi) is 7.35. The molecule has 4 atom stereocenters. The van der Waals surface area contributed by atoms with Crippen LogP contribution in [0.5, 0.6) is 0 Å². The number of aliphatic hydroxyl groups excluding tert-OH is 2. The standard InChI is InChI=1S/C24H32F3N5O3S/c1-12-6-5-9-32(12)22(35)18-19(36-21(30-18)20(34)29-15-7-8-16(15)33)13-11-28-17(31-23(2,3)4)10-14(13)24(25,26)27/h10-12,15-16,22,33,35H,5-9H2,1-4H3,(H,28,31)(H,29,34)/t12-,15+,16+,22?/m0/s1. The van der Waals surface area contributed by atoms with Gasteiger partial charge < -0.3 is 20.8 Å². The molecule has 198 valence electrons. The zero-order chi connectivity index (χ0) is 26.4. The molecule has 1 saturated carbocycles. The van der Waals surface area contributed by atoms with Gasteiger partial charge in [-0.1, -0.05) is 0 Å². The topological polar surface area (TPSA) is 111 Å². The third-order valence-corrected chi connectivity index (χ3v) is 7.63. The van der Waals surface area contributed by atoms with E-state index in [1.807, 2.05) is 27.7 Å². The molecule has 0 bridgehead atoms. The molecule has 1 aliphatic heterocycles. The predicted octanol–water partition coefficient (Wildman–Crippen LogP) is 4.16. The fraction of sp³-hybridized carbons (Fsp3) is 0.625. The van der Waals surface area contributed by atoms with Gasteiger partial charge in [-0.05, 0) is 59.4 Å². The van der Waals surface area contributed by atoms with Crippen molar-refractivity contribution < 1.29 is 28.2 Å². The maximum atomic E-state index is 14.2. The number of amides is 1. The van der Waals surface area contributed by atoms with E-state index in [4.69, 9.17) is 0 Å². The number of hydrogen-bond acceptors (Lipinski definition) is 8. The summed E-state index contributed by atoms with van der Waals surface area (Å²) in [4.78, 5) is 23.2. The van der Waals surface area contributed by atoms with E-state index in [0.717, 1.165) is 36.4 Å². The first-order valence-corrected chi connectivity index (χ1v) is 12.9. The Labute approximate surface area is 212 Å². The molecular weight excluding hydrogens is 495 g/mol. The molecule has 0 radical (unpaired) electrons. The van der Waals surface area contributed by atoms with Gasteiger partial charge in [-0.3, -0.25) is 9.69 Å². The number of nitrogens with zero attached hydrogens (tertiary/aromatic N) is 3. The Morgan fingerprint density at radius 3 is 2.50 bits per heavy atom. The van der Waals surface area contributed by atoms with E-state index in [1.165, 1.54) is 0 Å². The van der Waals surface area contributed by atoms with Crippen LogP contribution in [0.2, 0.25) is 0 Å². The molecule has 12 heteroatoms. The van der Waals surface area contributed by atoms with Gasteiger partial charge in [0.1, 0.15) is 11.5 Å². The Bertz CT molecular complexity index is 1120. The molecule has 1 saturated heterocycles. The van der Waals surface area contributed by atoms with Crippen LogP contribution in [0.25, 0.3) is 10.4 Å². The van der Waals surface area contributed by atoms with Crippen LogP contribution in [0.1, 0.15) is 80.7 Å². The number of nitrogens with one attached hydrogen (secondary N) is 2. The second-order valence-corrected chi connectivity index (χ2v) is 11.5. The van der Waals surface area contributed by atoms with Gasteiger partial charge in [-0.25, -0.2) is 9.97 Å². The summed E-state index contributed by atoms with van der Waals surface area (Å²) in [5, 5.41) is 26.6. The smallest absolute Gasteiger partial charge is 0.391 e. The lowest BCUT2D eigenvalue weighted by molar-refractivity contribution is -0.137. The van der Waals surface area contributed by atoms with Crippen molar-refractivity contribution in [3.05, 3.63) is 28.5 Å². The molecular formula is C24H32F3N5O3S. The zero-order valence-electron chi connectivity index (χ0n) is 20.7. The highest BCUT2D eigenvalue weighted by atomic mass is 32.1. The molecule has 2 fully saturated rings. The number of likely N-dealkylation sites (tertiary alicyclic amines) is 1. The molecule has 4 rings (SSSR count). The van der Waals surface area contributed by atoms with E-state index in [1.54, 1.807) is 4.90 Å². The summed E-state index contributed by atoms with van der Waals surface area (Å²) >= 11 is 0.784. The number of thiazole rings is 1. The predicted molar refractivity (Wildman–Crippen MR) is 131 cm³/mol. The minimum atomic E-state index is -4.71. The van der Waals surface area contributed by atoms with Crippen molar-refractivity contribution >= 4 is 23.1 Å². The molecule has 2 aromatic heterocycles. The van der Waals surface area contributed by atoms with Crippen molar-refractivity contribution in [2.24, 2.45) is 0 Å². The first-order valence-electron chi connectivity index (χ1n) is 12.0. The Morgan fingerprint density at radius 2 is 1.97 bits per heavy atom. The van der Waals surface area contributed by atoms with E-state index in [-0.39, 0.29) is 33.0 Å². The maximum Gasteiger partial charge on any atom is 0.417 e.